The first-order chi connectivity index (χ1) is 8.69. The molecule has 2 rings (SSSR count). The molecule has 3 heteroatoms. The maximum Gasteiger partial charge on any atom is 0.165 e. The van der Waals surface area contributed by atoms with Crippen molar-refractivity contribution in [3.63, 3.8) is 0 Å². The SMILES string of the molecule is CSc1cccc(COc2cc(C)ccc2F)c1. The van der Waals surface area contributed by atoms with Gasteiger partial charge in [0.05, 0.1) is 0 Å². The lowest BCUT2D eigenvalue weighted by Crippen LogP contribution is -1.97. The molecule has 0 aromatic heterocycles. The Bertz CT molecular complexity index is 540. The number of thioether (sulfide) groups is 1. The van der Waals surface area contributed by atoms with E-state index < -0.39 is 0 Å². The zero-order valence-electron chi connectivity index (χ0n) is 10.4. The fourth-order valence-corrected chi connectivity index (χ4v) is 2.13. The molecule has 0 aliphatic rings. The van der Waals surface area contributed by atoms with Crippen molar-refractivity contribution in [1.82, 2.24) is 0 Å². The second kappa shape index (κ2) is 5.91. The van der Waals surface area contributed by atoms with Crippen molar-refractivity contribution >= 4 is 11.8 Å². The molecule has 0 spiro atoms. The summed E-state index contributed by atoms with van der Waals surface area (Å²) in [6.07, 6.45) is 2.03. The summed E-state index contributed by atoms with van der Waals surface area (Å²) in [7, 11) is 0. The highest BCUT2D eigenvalue weighted by atomic mass is 32.2. The molecule has 0 saturated carbocycles. The minimum atomic E-state index is -0.318. The summed E-state index contributed by atoms with van der Waals surface area (Å²) in [6, 6.07) is 12.9. The van der Waals surface area contributed by atoms with Crippen LogP contribution in [0.2, 0.25) is 0 Å². The zero-order chi connectivity index (χ0) is 13.0. The summed E-state index contributed by atoms with van der Waals surface area (Å²) in [5, 5.41) is 0. The van der Waals surface area contributed by atoms with Crippen molar-refractivity contribution in [2.24, 2.45) is 0 Å². The van der Waals surface area contributed by atoms with Crippen LogP contribution in [0.15, 0.2) is 47.4 Å². The molecule has 18 heavy (non-hydrogen) atoms. The van der Waals surface area contributed by atoms with E-state index in [1.807, 2.05) is 31.4 Å². The predicted octanol–water partition coefficient (Wildman–Crippen LogP) is 4.44. The van der Waals surface area contributed by atoms with Crippen molar-refractivity contribution in [2.45, 2.75) is 18.4 Å². The van der Waals surface area contributed by atoms with Crippen molar-refractivity contribution in [3.05, 3.63) is 59.4 Å². The monoisotopic (exact) mass is 262 g/mol. The van der Waals surface area contributed by atoms with Gasteiger partial charge < -0.3 is 4.74 Å². The number of benzene rings is 2. The summed E-state index contributed by atoms with van der Waals surface area (Å²) < 4.78 is 19.0. The lowest BCUT2D eigenvalue weighted by atomic mass is 10.2. The van der Waals surface area contributed by atoms with E-state index in [9.17, 15) is 4.39 Å². The van der Waals surface area contributed by atoms with Gasteiger partial charge in [0.2, 0.25) is 0 Å². The molecule has 0 bridgehead atoms. The fourth-order valence-electron chi connectivity index (χ4n) is 1.64. The molecule has 0 fully saturated rings. The number of rotatable bonds is 4. The van der Waals surface area contributed by atoms with Crippen molar-refractivity contribution in [3.8, 4) is 5.75 Å². The first kappa shape index (κ1) is 13.0. The predicted molar refractivity (Wildman–Crippen MR) is 73.7 cm³/mol. The number of aryl methyl sites for hydroxylation is 1. The molecule has 2 aromatic rings. The molecule has 0 aliphatic carbocycles. The third-order valence-electron chi connectivity index (χ3n) is 2.62. The minimum absolute atomic E-state index is 0.310. The van der Waals surface area contributed by atoms with Crippen molar-refractivity contribution in [2.75, 3.05) is 6.26 Å². The van der Waals surface area contributed by atoms with E-state index >= 15 is 0 Å². The van der Waals surface area contributed by atoms with E-state index in [1.54, 1.807) is 23.9 Å². The summed E-state index contributed by atoms with van der Waals surface area (Å²) >= 11 is 1.68. The summed E-state index contributed by atoms with van der Waals surface area (Å²) in [6.45, 7) is 2.30. The van der Waals surface area contributed by atoms with Gasteiger partial charge in [0.1, 0.15) is 6.61 Å². The number of hydrogen-bond donors (Lipinski definition) is 0. The maximum absolute atomic E-state index is 13.5. The Morgan fingerprint density at radius 2 is 2.00 bits per heavy atom. The van der Waals surface area contributed by atoms with E-state index in [0.717, 1.165) is 11.1 Å². The number of halogens is 1. The Hall–Kier alpha value is -1.48. The number of ether oxygens (including phenoxy) is 1. The van der Waals surface area contributed by atoms with Crippen LogP contribution in [0.1, 0.15) is 11.1 Å². The summed E-state index contributed by atoms with van der Waals surface area (Å²) in [5.41, 5.74) is 2.03. The molecule has 0 saturated heterocycles. The highest BCUT2D eigenvalue weighted by Crippen LogP contribution is 2.21. The maximum atomic E-state index is 13.5. The van der Waals surface area contributed by atoms with E-state index in [2.05, 4.69) is 6.07 Å². The standard InChI is InChI=1S/C15H15FOS/c1-11-6-7-14(16)15(8-11)17-10-12-4-3-5-13(9-12)18-2/h3-9H,10H2,1-2H3. The quantitative estimate of drug-likeness (QED) is 0.754. The third-order valence-corrected chi connectivity index (χ3v) is 3.34. The van der Waals surface area contributed by atoms with Gasteiger partial charge in [0, 0.05) is 4.90 Å². The molecule has 0 N–H and O–H groups in total. The average molecular weight is 262 g/mol. The van der Waals surface area contributed by atoms with E-state index in [4.69, 9.17) is 4.74 Å². The molecule has 0 atom stereocenters. The van der Waals surface area contributed by atoms with Crippen LogP contribution in [0, 0.1) is 12.7 Å². The van der Waals surface area contributed by atoms with Gasteiger partial charge in [0.15, 0.2) is 11.6 Å². The Kier molecular flexibility index (Phi) is 4.26. The van der Waals surface area contributed by atoms with Crippen LogP contribution in [0.5, 0.6) is 5.75 Å². The summed E-state index contributed by atoms with van der Waals surface area (Å²) in [4.78, 5) is 1.18. The molecule has 0 heterocycles. The lowest BCUT2D eigenvalue weighted by Gasteiger charge is -2.08. The Morgan fingerprint density at radius 1 is 1.17 bits per heavy atom. The average Bonchev–Trinajstić information content (AvgIpc) is 2.40. The topological polar surface area (TPSA) is 9.23 Å². The van der Waals surface area contributed by atoms with Crippen LogP contribution in [-0.2, 0) is 6.61 Å². The summed E-state index contributed by atoms with van der Waals surface area (Å²) in [5.74, 6) is -0.00817. The highest BCUT2D eigenvalue weighted by Gasteiger charge is 2.04. The molecule has 0 aliphatic heterocycles. The van der Waals surface area contributed by atoms with E-state index in [-0.39, 0.29) is 5.82 Å². The Morgan fingerprint density at radius 3 is 2.78 bits per heavy atom. The van der Waals surface area contributed by atoms with Crippen LogP contribution >= 0.6 is 11.8 Å². The third kappa shape index (κ3) is 3.26. The van der Waals surface area contributed by atoms with Crippen molar-refractivity contribution in [1.29, 1.82) is 0 Å². The normalized spacial score (nSPS) is 10.4. The Balaban J connectivity index is 2.08. The Labute approximate surface area is 111 Å². The van der Waals surface area contributed by atoms with Crippen molar-refractivity contribution < 1.29 is 9.13 Å². The zero-order valence-corrected chi connectivity index (χ0v) is 11.3. The fraction of sp³-hybridized carbons (Fsp3) is 0.200. The van der Waals surface area contributed by atoms with E-state index in [0.29, 0.717) is 12.4 Å². The molecule has 2 aromatic carbocycles. The largest absolute Gasteiger partial charge is 0.486 e. The van der Waals surface area contributed by atoms with Gasteiger partial charge in [-0.15, -0.1) is 11.8 Å². The molecular weight excluding hydrogens is 247 g/mol. The second-order valence-electron chi connectivity index (χ2n) is 4.07. The lowest BCUT2D eigenvalue weighted by molar-refractivity contribution is 0.290. The van der Waals surface area contributed by atoms with Gasteiger partial charge >= 0.3 is 0 Å². The smallest absolute Gasteiger partial charge is 0.165 e. The molecule has 0 radical (unpaired) electrons. The number of hydrogen-bond acceptors (Lipinski definition) is 2. The highest BCUT2D eigenvalue weighted by molar-refractivity contribution is 7.98. The van der Waals surface area contributed by atoms with Gasteiger partial charge in [-0.2, -0.15) is 0 Å². The molecule has 1 nitrogen and oxygen atoms in total. The molecule has 0 amide bonds. The second-order valence-corrected chi connectivity index (χ2v) is 4.95. The van der Waals surface area contributed by atoms with Gasteiger partial charge in [0.25, 0.3) is 0 Å². The van der Waals surface area contributed by atoms with Crippen LogP contribution in [0.4, 0.5) is 4.39 Å². The first-order valence-electron chi connectivity index (χ1n) is 5.71. The van der Waals surface area contributed by atoms with Gasteiger partial charge in [-0.05, 0) is 48.6 Å². The minimum Gasteiger partial charge on any atom is -0.486 e. The molecule has 94 valence electrons. The van der Waals surface area contributed by atoms with Gasteiger partial charge in [-0.3, -0.25) is 0 Å². The van der Waals surface area contributed by atoms with Crippen LogP contribution in [0.3, 0.4) is 0 Å². The molecular formula is C15H15FOS. The first-order valence-corrected chi connectivity index (χ1v) is 6.93. The molecule has 0 unspecified atom stereocenters. The van der Waals surface area contributed by atoms with Crippen LogP contribution in [0.25, 0.3) is 0 Å². The van der Waals surface area contributed by atoms with Crippen LogP contribution in [-0.4, -0.2) is 6.26 Å². The van der Waals surface area contributed by atoms with Gasteiger partial charge in [-0.25, -0.2) is 4.39 Å². The van der Waals surface area contributed by atoms with Crippen LogP contribution < -0.4 is 4.74 Å². The van der Waals surface area contributed by atoms with E-state index in [1.165, 1.54) is 11.0 Å². The van der Waals surface area contributed by atoms with Gasteiger partial charge in [-0.1, -0.05) is 18.2 Å².